The second kappa shape index (κ2) is 7.24. The van der Waals surface area contributed by atoms with E-state index in [0.717, 1.165) is 31.2 Å². The van der Waals surface area contributed by atoms with E-state index in [4.69, 9.17) is 0 Å². The molecule has 0 unspecified atom stereocenters. The Hall–Kier alpha value is -0.0800. The summed E-state index contributed by atoms with van der Waals surface area (Å²) in [6.07, 6.45) is 6.99. The highest BCUT2D eigenvalue weighted by molar-refractivity contribution is 4.73. The molecular formula is C13H27NO. The lowest BCUT2D eigenvalue weighted by atomic mass is 9.87. The predicted molar refractivity (Wildman–Crippen MR) is 64.9 cm³/mol. The number of aliphatic hydroxyl groups excluding tert-OH is 1. The van der Waals surface area contributed by atoms with Crippen LogP contribution in [0.15, 0.2) is 0 Å². The zero-order valence-corrected chi connectivity index (χ0v) is 10.3. The van der Waals surface area contributed by atoms with Crippen LogP contribution in [0.2, 0.25) is 0 Å². The molecular weight excluding hydrogens is 186 g/mol. The standard InChI is InChI=1S/C13H27NO/c1-3-11(4-2)9-14-10-12-5-7-13(15)8-6-12/h11-15H,3-10H2,1-2H3. The summed E-state index contributed by atoms with van der Waals surface area (Å²) >= 11 is 0. The number of rotatable bonds is 6. The summed E-state index contributed by atoms with van der Waals surface area (Å²) in [7, 11) is 0. The van der Waals surface area contributed by atoms with Crippen molar-refractivity contribution < 1.29 is 5.11 Å². The Morgan fingerprint density at radius 2 is 1.73 bits per heavy atom. The largest absolute Gasteiger partial charge is 0.393 e. The van der Waals surface area contributed by atoms with Crippen LogP contribution in [0.5, 0.6) is 0 Å². The third kappa shape index (κ3) is 4.98. The minimum absolute atomic E-state index is 0.0136. The Balaban J connectivity index is 2.04. The van der Waals surface area contributed by atoms with Crippen LogP contribution in [0.25, 0.3) is 0 Å². The molecule has 15 heavy (non-hydrogen) atoms. The van der Waals surface area contributed by atoms with Gasteiger partial charge in [-0.2, -0.15) is 0 Å². The van der Waals surface area contributed by atoms with E-state index in [1.165, 1.54) is 32.2 Å². The molecule has 0 aromatic heterocycles. The lowest BCUT2D eigenvalue weighted by Crippen LogP contribution is -2.31. The van der Waals surface area contributed by atoms with E-state index >= 15 is 0 Å². The lowest BCUT2D eigenvalue weighted by molar-refractivity contribution is 0.108. The predicted octanol–water partition coefficient (Wildman–Crippen LogP) is 2.56. The van der Waals surface area contributed by atoms with Gasteiger partial charge in [0, 0.05) is 0 Å². The van der Waals surface area contributed by atoms with Gasteiger partial charge in [-0.25, -0.2) is 0 Å². The fraction of sp³-hybridized carbons (Fsp3) is 1.00. The second-order valence-electron chi connectivity index (χ2n) is 5.02. The maximum atomic E-state index is 9.40. The number of aliphatic hydroxyl groups is 1. The summed E-state index contributed by atoms with van der Waals surface area (Å²) in [6, 6.07) is 0. The van der Waals surface area contributed by atoms with Crippen LogP contribution in [0, 0.1) is 11.8 Å². The van der Waals surface area contributed by atoms with E-state index in [1.807, 2.05) is 0 Å². The molecule has 0 bridgehead atoms. The summed E-state index contributed by atoms with van der Waals surface area (Å²) in [6.45, 7) is 6.87. The normalized spacial score (nSPS) is 27.2. The summed E-state index contributed by atoms with van der Waals surface area (Å²) in [5, 5.41) is 13.0. The molecule has 0 heterocycles. The topological polar surface area (TPSA) is 32.3 Å². The van der Waals surface area contributed by atoms with Gasteiger partial charge in [0.2, 0.25) is 0 Å². The molecule has 90 valence electrons. The van der Waals surface area contributed by atoms with Gasteiger partial charge in [0.1, 0.15) is 0 Å². The molecule has 0 saturated heterocycles. The van der Waals surface area contributed by atoms with E-state index in [-0.39, 0.29) is 6.10 Å². The van der Waals surface area contributed by atoms with E-state index in [9.17, 15) is 5.11 Å². The molecule has 1 aliphatic carbocycles. The SMILES string of the molecule is CCC(CC)CNCC1CCC(O)CC1. The molecule has 1 saturated carbocycles. The molecule has 1 rings (SSSR count). The molecule has 0 aliphatic heterocycles. The first-order chi connectivity index (χ1) is 7.26. The van der Waals surface area contributed by atoms with Crippen LogP contribution >= 0.6 is 0 Å². The third-order valence-electron chi connectivity index (χ3n) is 3.84. The monoisotopic (exact) mass is 213 g/mol. The van der Waals surface area contributed by atoms with E-state index < -0.39 is 0 Å². The zero-order chi connectivity index (χ0) is 11.1. The van der Waals surface area contributed by atoms with Crippen LogP contribution in [0.1, 0.15) is 52.4 Å². The molecule has 0 aromatic rings. The summed E-state index contributed by atoms with van der Waals surface area (Å²) in [5.74, 6) is 1.65. The fourth-order valence-corrected chi connectivity index (χ4v) is 2.42. The lowest BCUT2D eigenvalue weighted by Gasteiger charge is -2.26. The molecule has 2 heteroatoms. The van der Waals surface area contributed by atoms with Gasteiger partial charge >= 0.3 is 0 Å². The summed E-state index contributed by atoms with van der Waals surface area (Å²) < 4.78 is 0. The third-order valence-corrected chi connectivity index (χ3v) is 3.84. The molecule has 0 radical (unpaired) electrons. The fourth-order valence-electron chi connectivity index (χ4n) is 2.42. The van der Waals surface area contributed by atoms with Crippen LogP contribution < -0.4 is 5.32 Å². The van der Waals surface area contributed by atoms with Crippen LogP contribution in [-0.4, -0.2) is 24.3 Å². The molecule has 0 aromatic carbocycles. The average molecular weight is 213 g/mol. The van der Waals surface area contributed by atoms with E-state index in [0.29, 0.717) is 0 Å². The Labute approximate surface area is 94.5 Å². The smallest absolute Gasteiger partial charge is 0.0540 e. The molecule has 1 fully saturated rings. The minimum atomic E-state index is -0.0136. The zero-order valence-electron chi connectivity index (χ0n) is 10.3. The van der Waals surface area contributed by atoms with Crippen molar-refractivity contribution in [1.82, 2.24) is 5.32 Å². The maximum absolute atomic E-state index is 9.40. The Morgan fingerprint density at radius 1 is 1.13 bits per heavy atom. The minimum Gasteiger partial charge on any atom is -0.393 e. The van der Waals surface area contributed by atoms with Crippen molar-refractivity contribution in [3.05, 3.63) is 0 Å². The van der Waals surface area contributed by atoms with Crippen molar-refractivity contribution >= 4 is 0 Å². The summed E-state index contributed by atoms with van der Waals surface area (Å²) in [5.41, 5.74) is 0. The molecule has 1 aliphatic rings. The van der Waals surface area contributed by atoms with Crippen LogP contribution in [0.3, 0.4) is 0 Å². The van der Waals surface area contributed by atoms with Crippen LogP contribution in [0.4, 0.5) is 0 Å². The van der Waals surface area contributed by atoms with Gasteiger partial charge in [-0.15, -0.1) is 0 Å². The first-order valence-corrected chi connectivity index (χ1v) is 6.65. The van der Waals surface area contributed by atoms with Crippen LogP contribution in [-0.2, 0) is 0 Å². The number of hydrogen-bond donors (Lipinski definition) is 2. The van der Waals surface area contributed by atoms with Crippen molar-refractivity contribution in [3.63, 3.8) is 0 Å². The Kier molecular flexibility index (Phi) is 6.26. The van der Waals surface area contributed by atoms with Crippen molar-refractivity contribution in [2.45, 2.75) is 58.5 Å². The molecule has 0 amide bonds. The van der Waals surface area contributed by atoms with Crippen molar-refractivity contribution in [2.24, 2.45) is 11.8 Å². The van der Waals surface area contributed by atoms with Crippen molar-refractivity contribution in [1.29, 1.82) is 0 Å². The van der Waals surface area contributed by atoms with Gasteiger partial charge in [-0.3, -0.25) is 0 Å². The van der Waals surface area contributed by atoms with Crippen molar-refractivity contribution in [2.75, 3.05) is 13.1 Å². The van der Waals surface area contributed by atoms with Crippen molar-refractivity contribution in [3.8, 4) is 0 Å². The Morgan fingerprint density at radius 3 is 2.27 bits per heavy atom. The molecule has 2 nitrogen and oxygen atoms in total. The van der Waals surface area contributed by atoms with Gasteiger partial charge in [0.05, 0.1) is 6.10 Å². The second-order valence-corrected chi connectivity index (χ2v) is 5.02. The number of nitrogens with one attached hydrogen (secondary N) is 1. The quantitative estimate of drug-likeness (QED) is 0.711. The van der Waals surface area contributed by atoms with E-state index in [1.54, 1.807) is 0 Å². The van der Waals surface area contributed by atoms with Gasteiger partial charge < -0.3 is 10.4 Å². The number of hydrogen-bond acceptors (Lipinski definition) is 2. The van der Waals surface area contributed by atoms with E-state index in [2.05, 4.69) is 19.2 Å². The summed E-state index contributed by atoms with van der Waals surface area (Å²) in [4.78, 5) is 0. The first-order valence-electron chi connectivity index (χ1n) is 6.65. The van der Waals surface area contributed by atoms with Gasteiger partial charge in [-0.1, -0.05) is 26.7 Å². The van der Waals surface area contributed by atoms with Gasteiger partial charge in [0.15, 0.2) is 0 Å². The van der Waals surface area contributed by atoms with Gasteiger partial charge in [0.25, 0.3) is 0 Å². The molecule has 0 spiro atoms. The highest BCUT2D eigenvalue weighted by Crippen LogP contribution is 2.23. The highest BCUT2D eigenvalue weighted by Gasteiger charge is 2.18. The maximum Gasteiger partial charge on any atom is 0.0540 e. The molecule has 0 atom stereocenters. The average Bonchev–Trinajstić information content (AvgIpc) is 2.27. The highest BCUT2D eigenvalue weighted by atomic mass is 16.3. The van der Waals surface area contributed by atoms with Gasteiger partial charge in [-0.05, 0) is 50.6 Å². The first kappa shape index (κ1) is 13.0. The Bertz CT molecular complexity index is 149. The molecule has 2 N–H and O–H groups in total.